The van der Waals surface area contributed by atoms with E-state index in [1.54, 1.807) is 0 Å². The number of aromatic nitrogens is 1. The molecule has 0 spiro atoms. The lowest BCUT2D eigenvalue weighted by molar-refractivity contribution is -0.131. The number of hydrogen-bond donors (Lipinski definition) is 0. The van der Waals surface area contributed by atoms with E-state index < -0.39 is 0 Å². The number of carbonyl (C=O) groups excluding carboxylic acids is 1. The monoisotopic (exact) mass is 344 g/mol. The Morgan fingerprint density at radius 1 is 1.04 bits per heavy atom. The minimum atomic E-state index is 0.208. The van der Waals surface area contributed by atoms with Crippen LogP contribution < -0.4 is 0 Å². The van der Waals surface area contributed by atoms with Gasteiger partial charge in [-0.15, -0.1) is 0 Å². The van der Waals surface area contributed by atoms with Crippen molar-refractivity contribution in [3.63, 3.8) is 0 Å². The largest absolute Gasteiger partial charge is 0.335 e. The second kappa shape index (κ2) is 6.91. The second-order valence-electron chi connectivity index (χ2n) is 7.23. The SMILES string of the molecule is Cc1nc2ccccc2c(C)c1CC(=O)N(Cc1ccccc1)C1CC1. The van der Waals surface area contributed by atoms with Gasteiger partial charge in [-0.3, -0.25) is 9.78 Å². The van der Waals surface area contributed by atoms with Crippen molar-refractivity contribution >= 4 is 16.8 Å². The van der Waals surface area contributed by atoms with Crippen molar-refractivity contribution in [3.05, 3.63) is 77.0 Å². The fourth-order valence-electron chi connectivity index (χ4n) is 3.67. The van der Waals surface area contributed by atoms with Gasteiger partial charge in [0, 0.05) is 23.7 Å². The maximum Gasteiger partial charge on any atom is 0.227 e. The van der Waals surface area contributed by atoms with E-state index in [1.165, 1.54) is 11.1 Å². The zero-order valence-electron chi connectivity index (χ0n) is 15.4. The molecule has 0 unspecified atom stereocenters. The molecule has 1 fully saturated rings. The molecule has 4 rings (SSSR count). The van der Waals surface area contributed by atoms with Gasteiger partial charge in [0.2, 0.25) is 5.91 Å². The van der Waals surface area contributed by atoms with Gasteiger partial charge in [-0.1, -0.05) is 48.5 Å². The van der Waals surface area contributed by atoms with Crippen molar-refractivity contribution in [2.75, 3.05) is 0 Å². The molecule has 1 saturated carbocycles. The Morgan fingerprint density at radius 2 is 1.73 bits per heavy atom. The van der Waals surface area contributed by atoms with E-state index in [2.05, 4.69) is 30.0 Å². The summed E-state index contributed by atoms with van der Waals surface area (Å²) in [5.74, 6) is 0.208. The van der Waals surface area contributed by atoms with Crippen LogP contribution in [0.4, 0.5) is 0 Å². The smallest absolute Gasteiger partial charge is 0.227 e. The number of aryl methyl sites for hydroxylation is 2. The molecule has 0 aliphatic heterocycles. The number of nitrogens with zero attached hydrogens (tertiary/aromatic N) is 2. The van der Waals surface area contributed by atoms with Gasteiger partial charge < -0.3 is 4.90 Å². The summed E-state index contributed by atoms with van der Waals surface area (Å²) in [4.78, 5) is 19.9. The van der Waals surface area contributed by atoms with E-state index in [-0.39, 0.29) is 5.91 Å². The summed E-state index contributed by atoms with van der Waals surface area (Å²) in [7, 11) is 0. The van der Waals surface area contributed by atoms with E-state index in [1.807, 2.05) is 43.3 Å². The molecule has 3 heteroatoms. The summed E-state index contributed by atoms with van der Waals surface area (Å²) in [5.41, 5.74) is 5.41. The van der Waals surface area contributed by atoms with Crippen molar-refractivity contribution in [1.29, 1.82) is 0 Å². The van der Waals surface area contributed by atoms with Gasteiger partial charge >= 0.3 is 0 Å². The van der Waals surface area contributed by atoms with E-state index in [9.17, 15) is 4.79 Å². The summed E-state index contributed by atoms with van der Waals surface area (Å²) < 4.78 is 0. The van der Waals surface area contributed by atoms with Crippen LogP contribution in [0.25, 0.3) is 10.9 Å². The van der Waals surface area contributed by atoms with Crippen LogP contribution in [0.2, 0.25) is 0 Å². The number of fused-ring (bicyclic) bond motifs is 1. The highest BCUT2D eigenvalue weighted by atomic mass is 16.2. The molecule has 0 atom stereocenters. The van der Waals surface area contributed by atoms with Crippen LogP contribution in [0.1, 0.15) is 35.2 Å². The summed E-state index contributed by atoms with van der Waals surface area (Å²) in [5, 5.41) is 1.14. The number of carbonyl (C=O) groups is 1. The zero-order valence-corrected chi connectivity index (χ0v) is 15.4. The first-order valence-corrected chi connectivity index (χ1v) is 9.31. The lowest BCUT2D eigenvalue weighted by Crippen LogP contribution is -2.34. The van der Waals surface area contributed by atoms with Crippen molar-refractivity contribution in [3.8, 4) is 0 Å². The van der Waals surface area contributed by atoms with E-state index in [0.29, 0.717) is 19.0 Å². The molecule has 1 amide bonds. The Balaban J connectivity index is 1.61. The minimum absolute atomic E-state index is 0.208. The number of rotatable bonds is 5. The summed E-state index contributed by atoms with van der Waals surface area (Å²) in [6.07, 6.45) is 2.66. The average molecular weight is 344 g/mol. The van der Waals surface area contributed by atoms with Gasteiger partial charge in [0.05, 0.1) is 11.9 Å². The fourth-order valence-corrected chi connectivity index (χ4v) is 3.67. The quantitative estimate of drug-likeness (QED) is 0.678. The standard InChI is InChI=1S/C23H24N2O/c1-16-20-10-6-7-11-22(20)24-17(2)21(16)14-23(26)25(19-12-13-19)15-18-8-4-3-5-9-18/h3-11,19H,12-15H2,1-2H3. The molecule has 2 aromatic carbocycles. The van der Waals surface area contributed by atoms with Gasteiger partial charge in [-0.25, -0.2) is 0 Å². The third-order valence-corrected chi connectivity index (χ3v) is 5.32. The molecule has 3 nitrogen and oxygen atoms in total. The van der Waals surface area contributed by atoms with Crippen molar-refractivity contribution in [2.24, 2.45) is 0 Å². The zero-order chi connectivity index (χ0) is 18.1. The molecule has 0 N–H and O–H groups in total. The summed E-state index contributed by atoms with van der Waals surface area (Å²) >= 11 is 0. The summed E-state index contributed by atoms with van der Waals surface area (Å²) in [6.45, 7) is 4.82. The van der Waals surface area contributed by atoms with E-state index in [0.717, 1.165) is 35.0 Å². The number of para-hydroxylation sites is 1. The molecule has 1 aliphatic carbocycles. The van der Waals surface area contributed by atoms with Crippen LogP contribution in [0.15, 0.2) is 54.6 Å². The highest BCUT2D eigenvalue weighted by molar-refractivity contribution is 5.86. The van der Waals surface area contributed by atoms with Gasteiger partial charge in [0.25, 0.3) is 0 Å². The number of hydrogen-bond acceptors (Lipinski definition) is 2. The van der Waals surface area contributed by atoms with Crippen LogP contribution in [0.5, 0.6) is 0 Å². The number of pyridine rings is 1. The maximum atomic E-state index is 13.1. The molecule has 0 saturated heterocycles. The Labute approximate surface area is 154 Å². The Bertz CT molecular complexity index is 945. The van der Waals surface area contributed by atoms with Gasteiger partial charge in [0.1, 0.15) is 0 Å². The van der Waals surface area contributed by atoms with Gasteiger partial charge in [-0.05, 0) is 49.4 Å². The molecule has 1 aromatic heterocycles. The average Bonchev–Trinajstić information content (AvgIpc) is 3.49. The number of benzene rings is 2. The normalized spacial score (nSPS) is 13.8. The van der Waals surface area contributed by atoms with E-state index in [4.69, 9.17) is 4.98 Å². The molecular formula is C23H24N2O. The summed E-state index contributed by atoms with van der Waals surface area (Å²) in [6, 6.07) is 18.8. The molecule has 1 heterocycles. The topological polar surface area (TPSA) is 33.2 Å². The molecule has 0 radical (unpaired) electrons. The van der Waals surface area contributed by atoms with Crippen LogP contribution in [0.3, 0.4) is 0 Å². The van der Waals surface area contributed by atoms with Gasteiger partial charge in [-0.2, -0.15) is 0 Å². The first-order chi connectivity index (χ1) is 12.6. The molecular weight excluding hydrogens is 320 g/mol. The number of amides is 1. The highest BCUT2D eigenvalue weighted by Gasteiger charge is 2.32. The van der Waals surface area contributed by atoms with Crippen LogP contribution in [0, 0.1) is 13.8 Å². The minimum Gasteiger partial charge on any atom is -0.335 e. The van der Waals surface area contributed by atoms with Crippen molar-refractivity contribution in [1.82, 2.24) is 9.88 Å². The predicted octanol–water partition coefficient (Wildman–Crippen LogP) is 4.59. The molecule has 1 aliphatic rings. The third-order valence-electron chi connectivity index (χ3n) is 5.32. The van der Waals surface area contributed by atoms with Crippen LogP contribution >= 0.6 is 0 Å². The predicted molar refractivity (Wildman–Crippen MR) is 105 cm³/mol. The van der Waals surface area contributed by atoms with E-state index >= 15 is 0 Å². The van der Waals surface area contributed by atoms with Gasteiger partial charge in [0.15, 0.2) is 0 Å². The van der Waals surface area contributed by atoms with Crippen molar-refractivity contribution in [2.45, 2.75) is 45.7 Å². The maximum absolute atomic E-state index is 13.1. The molecule has 3 aromatic rings. The third kappa shape index (κ3) is 3.34. The Kier molecular flexibility index (Phi) is 4.46. The fraction of sp³-hybridized carbons (Fsp3) is 0.304. The van der Waals surface area contributed by atoms with Crippen LogP contribution in [-0.2, 0) is 17.8 Å². The molecule has 0 bridgehead atoms. The first-order valence-electron chi connectivity index (χ1n) is 9.31. The van der Waals surface area contributed by atoms with Crippen LogP contribution in [-0.4, -0.2) is 21.8 Å². The second-order valence-corrected chi connectivity index (χ2v) is 7.23. The lowest BCUT2D eigenvalue weighted by atomic mass is 9.99. The first kappa shape index (κ1) is 16.8. The van der Waals surface area contributed by atoms with Crippen molar-refractivity contribution < 1.29 is 4.79 Å². The molecule has 26 heavy (non-hydrogen) atoms. The molecule has 132 valence electrons. The Hall–Kier alpha value is -2.68. The Morgan fingerprint density at radius 3 is 2.46 bits per heavy atom. The lowest BCUT2D eigenvalue weighted by Gasteiger charge is -2.24. The highest BCUT2D eigenvalue weighted by Crippen LogP contribution is 2.30.